The minimum atomic E-state index is -0.544. The summed E-state index contributed by atoms with van der Waals surface area (Å²) < 4.78 is 0. The molecule has 43 heavy (non-hydrogen) atoms. The Bertz CT molecular complexity index is 1670. The highest BCUT2D eigenvalue weighted by atomic mass is 16.3. The molecule has 0 aliphatic heterocycles. The van der Waals surface area contributed by atoms with Crippen molar-refractivity contribution in [2.75, 3.05) is 11.4 Å². The smallest absolute Gasteiger partial charge is 0.173 e. The number of rotatable bonds is 10. The van der Waals surface area contributed by atoms with E-state index in [2.05, 4.69) is 79.1 Å². The number of tetrazole rings is 2. The van der Waals surface area contributed by atoms with Crippen molar-refractivity contribution in [1.82, 2.24) is 40.6 Å². The molecule has 0 aliphatic rings. The number of nitrogens with zero attached hydrogens (tertiary/aromatic N) is 11. The van der Waals surface area contributed by atoms with E-state index in [1.54, 1.807) is 50.5 Å². The number of aryl methyl sites for hydroxylation is 2. The maximum Gasteiger partial charge on any atom is 0.173 e. The first-order valence-electron chi connectivity index (χ1n) is 13.9. The van der Waals surface area contributed by atoms with E-state index in [0.717, 1.165) is 17.8 Å². The molecule has 220 valence electrons. The molecule has 13 heteroatoms. The van der Waals surface area contributed by atoms with Crippen LogP contribution in [0.3, 0.4) is 0 Å². The molecule has 0 amide bonds. The molecule has 2 N–H and O–H groups in total. The maximum absolute atomic E-state index is 11.2. The highest BCUT2D eigenvalue weighted by Gasteiger charge is 2.25. The first-order valence-corrected chi connectivity index (χ1v) is 13.9. The number of phenols is 2. The zero-order valence-electron chi connectivity index (χ0n) is 24.6. The normalized spacial score (nSPS) is 12.5. The number of benzene rings is 3. The topological polar surface area (TPSA) is 156 Å². The van der Waals surface area contributed by atoms with Gasteiger partial charge < -0.3 is 15.1 Å². The van der Waals surface area contributed by atoms with Gasteiger partial charge in [-0.05, 0) is 121 Å². The maximum atomic E-state index is 11.2. The van der Waals surface area contributed by atoms with Gasteiger partial charge in [0.1, 0.15) is 11.5 Å². The van der Waals surface area contributed by atoms with Gasteiger partial charge in [-0.2, -0.15) is 10.2 Å². The van der Waals surface area contributed by atoms with E-state index in [-0.39, 0.29) is 17.5 Å². The predicted octanol–water partition coefficient (Wildman–Crippen LogP) is 3.87. The van der Waals surface area contributed by atoms with Gasteiger partial charge in [-0.3, -0.25) is 0 Å². The SMILES string of the molecule is CCN(c1cccc(C(c2cc(C=Nn3nnnc3C)ccc2O)c2cc(C=Nn3nnnc3C)ccc2O)c1)C(C)C. The molecule has 5 rings (SSSR count). The summed E-state index contributed by atoms with van der Waals surface area (Å²) in [5.74, 6) is 0.680. The van der Waals surface area contributed by atoms with Crippen LogP contribution in [0.1, 0.15) is 66.2 Å². The third-order valence-electron chi connectivity index (χ3n) is 7.06. The van der Waals surface area contributed by atoms with Gasteiger partial charge in [-0.25, -0.2) is 0 Å². The molecule has 0 saturated heterocycles. The van der Waals surface area contributed by atoms with Gasteiger partial charge >= 0.3 is 0 Å². The summed E-state index contributed by atoms with van der Waals surface area (Å²) in [7, 11) is 0. The first-order chi connectivity index (χ1) is 20.7. The van der Waals surface area contributed by atoms with Crippen molar-refractivity contribution in [2.24, 2.45) is 10.2 Å². The summed E-state index contributed by atoms with van der Waals surface area (Å²) in [6, 6.07) is 18.9. The third-order valence-corrected chi connectivity index (χ3v) is 7.06. The van der Waals surface area contributed by atoms with Gasteiger partial charge in [0.15, 0.2) is 11.6 Å². The van der Waals surface area contributed by atoms with Crippen molar-refractivity contribution < 1.29 is 10.2 Å². The Morgan fingerprint density at radius 1 is 0.791 bits per heavy atom. The van der Waals surface area contributed by atoms with Crippen LogP contribution in [0.5, 0.6) is 11.5 Å². The number of anilines is 1. The Morgan fingerprint density at radius 3 is 1.77 bits per heavy atom. The fraction of sp³-hybridized carbons (Fsp3) is 0.267. The molecule has 0 fully saturated rings. The molecule has 5 aromatic rings. The van der Waals surface area contributed by atoms with Crippen LogP contribution >= 0.6 is 0 Å². The number of hydrogen-bond donors (Lipinski definition) is 2. The van der Waals surface area contributed by atoms with E-state index >= 15 is 0 Å². The molecule has 2 heterocycles. The van der Waals surface area contributed by atoms with Crippen LogP contribution in [0.4, 0.5) is 5.69 Å². The van der Waals surface area contributed by atoms with Crippen molar-refractivity contribution in [3.8, 4) is 11.5 Å². The molecule has 0 radical (unpaired) electrons. The van der Waals surface area contributed by atoms with Gasteiger partial charge in [-0.1, -0.05) is 12.1 Å². The van der Waals surface area contributed by atoms with Gasteiger partial charge in [0.05, 0.1) is 12.4 Å². The summed E-state index contributed by atoms with van der Waals surface area (Å²) in [5.41, 5.74) is 4.53. The molecule has 0 aliphatic carbocycles. The van der Waals surface area contributed by atoms with Crippen LogP contribution in [0, 0.1) is 13.8 Å². The van der Waals surface area contributed by atoms with E-state index in [0.29, 0.717) is 33.9 Å². The molecular formula is C30H33N11O2. The predicted molar refractivity (Wildman–Crippen MR) is 163 cm³/mol. The molecule has 0 spiro atoms. The number of phenolic OH excluding ortho intramolecular Hbond substituents is 2. The van der Waals surface area contributed by atoms with E-state index in [1.165, 1.54) is 9.58 Å². The average molecular weight is 580 g/mol. The second kappa shape index (κ2) is 12.6. The molecule has 0 atom stereocenters. The van der Waals surface area contributed by atoms with Crippen molar-refractivity contribution in [3.63, 3.8) is 0 Å². The van der Waals surface area contributed by atoms with Gasteiger partial charge in [0.2, 0.25) is 0 Å². The second-order valence-electron chi connectivity index (χ2n) is 10.3. The van der Waals surface area contributed by atoms with Crippen LogP contribution in [0.25, 0.3) is 0 Å². The van der Waals surface area contributed by atoms with Crippen molar-refractivity contribution in [2.45, 2.75) is 46.6 Å². The zero-order chi connectivity index (χ0) is 30.5. The van der Waals surface area contributed by atoms with E-state index < -0.39 is 5.92 Å². The Hall–Kier alpha value is -5.46. The fourth-order valence-electron chi connectivity index (χ4n) is 4.94. The molecule has 2 aromatic heterocycles. The van der Waals surface area contributed by atoms with Gasteiger partial charge in [-0.15, -0.1) is 19.8 Å². The van der Waals surface area contributed by atoms with Crippen LogP contribution in [-0.4, -0.2) is 75.9 Å². The lowest BCUT2D eigenvalue weighted by Gasteiger charge is -2.29. The highest BCUT2D eigenvalue weighted by molar-refractivity contribution is 5.82. The standard InChI is InChI=1S/C30H33N11O2/c1-6-39(19(2)3)25-9-7-8-24(16-25)30(26-14-22(10-12-28(26)42)17-31-40-20(4)33-35-37-40)27-15-23(11-13-29(27)43)18-32-41-21(5)34-36-38-41/h7-19,30,42-43H,6H2,1-5H3. The average Bonchev–Trinajstić information content (AvgIpc) is 3.60. The van der Waals surface area contributed by atoms with Crippen LogP contribution in [0.15, 0.2) is 70.9 Å². The quantitative estimate of drug-likeness (QED) is 0.185. The lowest BCUT2D eigenvalue weighted by atomic mass is 9.82. The van der Waals surface area contributed by atoms with Gasteiger partial charge in [0.25, 0.3) is 0 Å². The Labute approximate surface area is 248 Å². The van der Waals surface area contributed by atoms with Crippen molar-refractivity contribution in [3.05, 3.63) is 100 Å². The Morgan fingerprint density at radius 2 is 1.33 bits per heavy atom. The third kappa shape index (κ3) is 6.40. The summed E-state index contributed by atoms with van der Waals surface area (Å²) in [4.78, 5) is 4.93. The second-order valence-corrected chi connectivity index (χ2v) is 10.3. The summed E-state index contributed by atoms with van der Waals surface area (Å²) in [6.45, 7) is 10.7. The number of hydrogen-bond acceptors (Lipinski definition) is 11. The van der Waals surface area contributed by atoms with E-state index in [1.807, 2.05) is 24.3 Å². The molecular weight excluding hydrogens is 546 g/mol. The summed E-state index contributed by atoms with van der Waals surface area (Å²) in [5, 5.41) is 53.8. The number of aromatic nitrogens is 8. The zero-order valence-corrected chi connectivity index (χ0v) is 24.6. The van der Waals surface area contributed by atoms with Crippen molar-refractivity contribution >= 4 is 18.1 Å². The highest BCUT2D eigenvalue weighted by Crippen LogP contribution is 2.42. The Balaban J connectivity index is 1.65. The largest absolute Gasteiger partial charge is 0.508 e. The fourth-order valence-corrected chi connectivity index (χ4v) is 4.94. The van der Waals surface area contributed by atoms with E-state index in [4.69, 9.17) is 0 Å². The van der Waals surface area contributed by atoms with Crippen molar-refractivity contribution in [1.29, 1.82) is 0 Å². The Kier molecular flexibility index (Phi) is 8.51. The van der Waals surface area contributed by atoms with E-state index in [9.17, 15) is 10.2 Å². The van der Waals surface area contributed by atoms with Crippen LogP contribution in [-0.2, 0) is 0 Å². The first kappa shape index (κ1) is 29.0. The molecule has 0 unspecified atom stereocenters. The lowest BCUT2D eigenvalue weighted by molar-refractivity contribution is 0.458. The molecule has 0 bridgehead atoms. The monoisotopic (exact) mass is 579 g/mol. The minimum absolute atomic E-state index is 0.0742. The minimum Gasteiger partial charge on any atom is -0.508 e. The molecule has 13 nitrogen and oxygen atoms in total. The van der Waals surface area contributed by atoms with Gasteiger partial charge in [0, 0.05) is 35.3 Å². The lowest BCUT2D eigenvalue weighted by Crippen LogP contribution is -2.30. The summed E-state index contributed by atoms with van der Waals surface area (Å²) >= 11 is 0. The number of aromatic hydroxyl groups is 2. The summed E-state index contributed by atoms with van der Waals surface area (Å²) in [6.07, 6.45) is 3.24. The van der Waals surface area contributed by atoms with Crippen LogP contribution in [0.2, 0.25) is 0 Å². The molecule has 0 saturated carbocycles. The molecule has 3 aromatic carbocycles. The van der Waals surface area contributed by atoms with Crippen LogP contribution < -0.4 is 4.90 Å².